The number of hydrogen-bond donors (Lipinski definition) is 2. The Morgan fingerprint density at radius 2 is 1.90 bits per heavy atom. The molecule has 2 N–H and O–H groups in total. The number of amides is 2. The maximum atomic E-state index is 13.2. The highest BCUT2D eigenvalue weighted by molar-refractivity contribution is 7.13. The first kappa shape index (κ1) is 21.4. The van der Waals surface area contributed by atoms with Gasteiger partial charge in [0.1, 0.15) is 10.8 Å². The van der Waals surface area contributed by atoms with Gasteiger partial charge in [0.2, 0.25) is 11.8 Å². The van der Waals surface area contributed by atoms with Crippen LogP contribution in [0.2, 0.25) is 0 Å². The lowest BCUT2D eigenvalue weighted by molar-refractivity contribution is -0.123. The lowest BCUT2D eigenvalue weighted by Crippen LogP contribution is -2.33. The number of halogens is 2. The number of thiazole rings is 1. The van der Waals surface area contributed by atoms with Crippen molar-refractivity contribution in [3.05, 3.63) is 65.2 Å². The maximum absolute atomic E-state index is 13.2. The summed E-state index contributed by atoms with van der Waals surface area (Å²) in [7, 11) is 0. The molecule has 0 atom stereocenters. The number of anilines is 1. The lowest BCUT2D eigenvalue weighted by atomic mass is 10.2. The molecule has 0 fully saturated rings. The van der Waals surface area contributed by atoms with Crippen LogP contribution in [0.5, 0.6) is 5.75 Å². The molecule has 0 saturated carbocycles. The Morgan fingerprint density at radius 3 is 2.67 bits per heavy atom. The first-order valence-electron chi connectivity index (χ1n) is 9.14. The van der Waals surface area contributed by atoms with Crippen LogP contribution in [0.25, 0.3) is 10.6 Å². The largest absolute Gasteiger partial charge is 0.493 e. The van der Waals surface area contributed by atoms with Crippen molar-refractivity contribution in [1.29, 1.82) is 0 Å². The summed E-state index contributed by atoms with van der Waals surface area (Å²) in [6.07, 6.45) is 0.00571. The highest BCUT2D eigenvalue weighted by Gasteiger charge is 2.13. The summed E-state index contributed by atoms with van der Waals surface area (Å²) in [5.41, 5.74) is 1.52. The van der Waals surface area contributed by atoms with Gasteiger partial charge in [-0.05, 0) is 31.2 Å². The average molecular weight is 431 g/mol. The van der Waals surface area contributed by atoms with Gasteiger partial charge in [-0.3, -0.25) is 9.59 Å². The van der Waals surface area contributed by atoms with Gasteiger partial charge in [0.25, 0.3) is 0 Å². The first-order valence-corrected chi connectivity index (χ1v) is 10.0. The summed E-state index contributed by atoms with van der Waals surface area (Å²) >= 11 is 1.40. The van der Waals surface area contributed by atoms with Crippen molar-refractivity contribution in [1.82, 2.24) is 10.3 Å². The quantitative estimate of drug-likeness (QED) is 0.569. The van der Waals surface area contributed by atoms with Crippen molar-refractivity contribution in [2.45, 2.75) is 13.3 Å². The van der Waals surface area contributed by atoms with E-state index in [1.165, 1.54) is 17.4 Å². The van der Waals surface area contributed by atoms with Crippen LogP contribution in [0.1, 0.15) is 12.6 Å². The van der Waals surface area contributed by atoms with E-state index in [0.29, 0.717) is 12.3 Å². The molecule has 3 rings (SSSR count). The van der Waals surface area contributed by atoms with Crippen LogP contribution in [-0.2, 0) is 16.0 Å². The molecule has 0 aliphatic heterocycles. The molecule has 30 heavy (non-hydrogen) atoms. The molecule has 2 aromatic carbocycles. The second-order valence-corrected chi connectivity index (χ2v) is 7.06. The Balaban J connectivity index is 1.53. The van der Waals surface area contributed by atoms with Gasteiger partial charge >= 0.3 is 0 Å². The normalized spacial score (nSPS) is 10.5. The van der Waals surface area contributed by atoms with Gasteiger partial charge < -0.3 is 15.4 Å². The number of aromatic nitrogens is 1. The number of rotatable bonds is 8. The number of nitrogens with zero attached hydrogens (tertiary/aromatic N) is 1. The fourth-order valence-corrected chi connectivity index (χ4v) is 3.47. The van der Waals surface area contributed by atoms with E-state index in [1.807, 2.05) is 31.2 Å². The highest BCUT2D eigenvalue weighted by atomic mass is 32.1. The minimum atomic E-state index is -1.07. The van der Waals surface area contributed by atoms with Gasteiger partial charge in [-0.2, -0.15) is 0 Å². The molecule has 9 heteroatoms. The fourth-order valence-electron chi connectivity index (χ4n) is 2.62. The zero-order chi connectivity index (χ0) is 21.5. The fraction of sp³-hybridized carbons (Fsp3) is 0.190. The predicted molar refractivity (Wildman–Crippen MR) is 110 cm³/mol. The number of carbonyl (C=O) groups excluding carboxylic acids is 2. The van der Waals surface area contributed by atoms with Crippen LogP contribution in [-0.4, -0.2) is 29.9 Å². The van der Waals surface area contributed by atoms with Crippen molar-refractivity contribution in [2.75, 3.05) is 18.5 Å². The molecule has 1 heterocycles. The van der Waals surface area contributed by atoms with Gasteiger partial charge in [-0.1, -0.05) is 12.1 Å². The van der Waals surface area contributed by atoms with Crippen molar-refractivity contribution in [2.24, 2.45) is 0 Å². The lowest BCUT2D eigenvalue weighted by Gasteiger charge is -2.07. The molecule has 6 nitrogen and oxygen atoms in total. The topological polar surface area (TPSA) is 80.3 Å². The molecular formula is C21H19F2N3O3S. The van der Waals surface area contributed by atoms with Gasteiger partial charge in [-0.15, -0.1) is 11.3 Å². The Hall–Kier alpha value is -3.33. The highest BCUT2D eigenvalue weighted by Crippen LogP contribution is 2.32. The monoisotopic (exact) mass is 431 g/mol. The predicted octanol–water partition coefficient (Wildman–Crippen LogP) is 3.78. The molecule has 2 amide bonds. The van der Waals surface area contributed by atoms with Crippen LogP contribution >= 0.6 is 11.3 Å². The van der Waals surface area contributed by atoms with E-state index in [9.17, 15) is 18.4 Å². The zero-order valence-electron chi connectivity index (χ0n) is 16.1. The molecule has 156 valence electrons. The van der Waals surface area contributed by atoms with E-state index in [-0.39, 0.29) is 24.6 Å². The molecule has 0 saturated heterocycles. The summed E-state index contributed by atoms with van der Waals surface area (Å²) in [5, 5.41) is 7.38. The summed E-state index contributed by atoms with van der Waals surface area (Å²) < 4.78 is 31.7. The van der Waals surface area contributed by atoms with Crippen LogP contribution in [0.3, 0.4) is 0 Å². The zero-order valence-corrected chi connectivity index (χ0v) is 16.9. The first-order chi connectivity index (χ1) is 14.5. The van der Waals surface area contributed by atoms with Crippen molar-refractivity contribution in [3.63, 3.8) is 0 Å². The molecule has 0 aliphatic carbocycles. The summed E-state index contributed by atoms with van der Waals surface area (Å²) in [6.45, 7) is 2.13. The van der Waals surface area contributed by atoms with E-state index in [2.05, 4.69) is 15.6 Å². The van der Waals surface area contributed by atoms with Crippen molar-refractivity contribution < 1.29 is 23.1 Å². The summed E-state index contributed by atoms with van der Waals surface area (Å²) in [6, 6.07) is 10.5. The molecule has 0 radical (unpaired) electrons. The number of nitrogens with one attached hydrogen (secondary N) is 2. The average Bonchev–Trinajstić information content (AvgIpc) is 3.18. The third-order valence-corrected chi connectivity index (χ3v) is 4.88. The Bertz CT molecular complexity index is 1060. The maximum Gasteiger partial charge on any atom is 0.243 e. The van der Waals surface area contributed by atoms with Gasteiger partial charge in [-0.25, -0.2) is 13.8 Å². The van der Waals surface area contributed by atoms with Crippen LogP contribution in [0.15, 0.2) is 47.8 Å². The second-order valence-electron chi connectivity index (χ2n) is 6.20. The SMILES string of the molecule is CCOc1ccccc1-c1nc(CC(=O)NCC(=O)Nc2ccc(F)c(F)c2)cs1. The molecule has 3 aromatic rings. The molecule has 1 aromatic heterocycles. The Labute approximate surface area is 175 Å². The van der Waals surface area contributed by atoms with E-state index in [1.54, 1.807) is 5.38 Å². The molecule has 0 unspecified atom stereocenters. The summed E-state index contributed by atoms with van der Waals surface area (Å²) in [4.78, 5) is 28.5. The van der Waals surface area contributed by atoms with E-state index in [4.69, 9.17) is 4.74 Å². The van der Waals surface area contributed by atoms with Crippen LogP contribution in [0.4, 0.5) is 14.5 Å². The smallest absolute Gasteiger partial charge is 0.243 e. The van der Waals surface area contributed by atoms with Crippen LogP contribution < -0.4 is 15.4 Å². The number of benzene rings is 2. The van der Waals surface area contributed by atoms with E-state index < -0.39 is 17.5 Å². The molecule has 0 aliphatic rings. The number of ether oxygens (including phenoxy) is 1. The number of para-hydroxylation sites is 1. The molecule has 0 spiro atoms. The second kappa shape index (κ2) is 9.93. The van der Waals surface area contributed by atoms with Gasteiger partial charge in [0.05, 0.1) is 30.8 Å². The number of carbonyl (C=O) groups is 2. The summed E-state index contributed by atoms with van der Waals surface area (Å²) in [5.74, 6) is -2.29. The van der Waals surface area contributed by atoms with E-state index >= 15 is 0 Å². The Morgan fingerprint density at radius 1 is 1.10 bits per heavy atom. The van der Waals surface area contributed by atoms with E-state index in [0.717, 1.165) is 28.5 Å². The third-order valence-electron chi connectivity index (χ3n) is 3.96. The number of hydrogen-bond acceptors (Lipinski definition) is 5. The van der Waals surface area contributed by atoms with Gasteiger partial charge in [0.15, 0.2) is 11.6 Å². The van der Waals surface area contributed by atoms with Gasteiger partial charge in [0, 0.05) is 17.1 Å². The Kier molecular flexibility index (Phi) is 7.08. The minimum Gasteiger partial charge on any atom is -0.493 e. The van der Waals surface area contributed by atoms with Crippen LogP contribution in [0, 0.1) is 11.6 Å². The molecule has 0 bridgehead atoms. The minimum absolute atomic E-state index is 0.00571. The van der Waals surface area contributed by atoms with Crippen molar-refractivity contribution in [3.8, 4) is 16.3 Å². The van der Waals surface area contributed by atoms with Crippen molar-refractivity contribution >= 4 is 28.8 Å². The molecular weight excluding hydrogens is 412 g/mol. The third kappa shape index (κ3) is 5.60. The standard InChI is InChI=1S/C21H19F2N3O3S/c1-2-29-18-6-4-3-5-15(18)21-26-14(12-30-21)10-19(27)24-11-20(28)25-13-7-8-16(22)17(23)9-13/h3-9,12H,2,10-11H2,1H3,(H,24,27)(H,25,28).